The fraction of sp³-hybridized carbons (Fsp3) is 0.588. The molecule has 1 aliphatic rings. The normalized spacial score (nSPS) is 16.3. The molecule has 2 rings (SSSR count). The first-order chi connectivity index (χ1) is 11.2. The van der Waals surface area contributed by atoms with Gasteiger partial charge in [-0.25, -0.2) is 13.2 Å². The minimum absolute atomic E-state index is 0.285. The number of sulfonamides is 1. The molecule has 1 saturated heterocycles. The van der Waals surface area contributed by atoms with E-state index in [-0.39, 0.29) is 19.2 Å². The Balaban J connectivity index is 2.26. The SMILES string of the molecule is CCOC(=O)N1CCN(S(=O)(=O)c2c(C)c(C)cc(C)c2C)CC1. The van der Waals surface area contributed by atoms with Crippen LogP contribution in [-0.4, -0.2) is 56.5 Å². The Labute approximate surface area is 144 Å². The number of ether oxygens (including phenoxy) is 1. The maximum absolute atomic E-state index is 13.1. The molecule has 1 aliphatic heterocycles. The zero-order valence-electron chi connectivity index (χ0n) is 15.0. The number of aryl methyl sites for hydroxylation is 2. The number of piperazine rings is 1. The van der Waals surface area contributed by atoms with Gasteiger partial charge in [0, 0.05) is 26.2 Å². The highest BCUT2D eigenvalue weighted by Gasteiger charge is 2.33. The van der Waals surface area contributed by atoms with Crippen LogP contribution in [0.25, 0.3) is 0 Å². The van der Waals surface area contributed by atoms with Crippen LogP contribution < -0.4 is 0 Å². The number of carbonyl (C=O) groups is 1. The van der Waals surface area contributed by atoms with E-state index in [1.165, 1.54) is 4.31 Å². The van der Waals surface area contributed by atoms with Crippen LogP contribution in [0.15, 0.2) is 11.0 Å². The first kappa shape index (κ1) is 18.7. The van der Waals surface area contributed by atoms with E-state index in [1.54, 1.807) is 11.8 Å². The van der Waals surface area contributed by atoms with Gasteiger partial charge < -0.3 is 9.64 Å². The third-order valence-corrected chi connectivity index (χ3v) is 6.83. The molecule has 0 aromatic heterocycles. The van der Waals surface area contributed by atoms with E-state index in [2.05, 4.69) is 0 Å². The molecule has 134 valence electrons. The van der Waals surface area contributed by atoms with Crippen molar-refractivity contribution in [1.29, 1.82) is 0 Å². The average Bonchev–Trinajstić information content (AvgIpc) is 2.53. The summed E-state index contributed by atoms with van der Waals surface area (Å²) in [5.41, 5.74) is 3.54. The number of benzene rings is 1. The Bertz CT molecular complexity index is 709. The van der Waals surface area contributed by atoms with E-state index in [0.717, 1.165) is 22.3 Å². The van der Waals surface area contributed by atoms with E-state index < -0.39 is 10.0 Å². The standard InChI is InChI=1S/C17H26N2O4S/c1-6-23-17(20)18-7-9-19(10-8-18)24(21,22)16-14(4)12(2)11-13(3)15(16)5/h11H,6-10H2,1-5H3. The molecule has 0 unspecified atom stereocenters. The van der Waals surface area contributed by atoms with Crippen molar-refractivity contribution in [3.63, 3.8) is 0 Å². The van der Waals surface area contributed by atoms with Gasteiger partial charge in [-0.1, -0.05) is 6.07 Å². The average molecular weight is 354 g/mol. The molecule has 0 atom stereocenters. The first-order valence-corrected chi connectivity index (χ1v) is 9.63. The molecule has 0 spiro atoms. The van der Waals surface area contributed by atoms with Gasteiger partial charge in [-0.05, 0) is 56.9 Å². The second kappa shape index (κ2) is 7.11. The third-order valence-electron chi connectivity index (χ3n) is 4.66. The summed E-state index contributed by atoms with van der Waals surface area (Å²) >= 11 is 0. The number of hydrogen-bond donors (Lipinski definition) is 0. The number of hydrogen-bond acceptors (Lipinski definition) is 4. The lowest BCUT2D eigenvalue weighted by Crippen LogP contribution is -2.50. The van der Waals surface area contributed by atoms with Gasteiger partial charge in [-0.2, -0.15) is 4.31 Å². The minimum atomic E-state index is -3.58. The molecule has 1 amide bonds. The topological polar surface area (TPSA) is 66.9 Å². The van der Waals surface area contributed by atoms with Crippen molar-refractivity contribution < 1.29 is 17.9 Å². The van der Waals surface area contributed by atoms with Crippen LogP contribution in [0.5, 0.6) is 0 Å². The monoisotopic (exact) mass is 354 g/mol. The Kier molecular flexibility index (Phi) is 5.55. The smallest absolute Gasteiger partial charge is 0.409 e. The lowest BCUT2D eigenvalue weighted by molar-refractivity contribution is 0.0934. The summed E-state index contributed by atoms with van der Waals surface area (Å²) in [6.45, 7) is 10.9. The van der Waals surface area contributed by atoms with Gasteiger partial charge in [0.05, 0.1) is 11.5 Å². The lowest BCUT2D eigenvalue weighted by atomic mass is 10.0. The van der Waals surface area contributed by atoms with Gasteiger partial charge >= 0.3 is 6.09 Å². The van der Waals surface area contributed by atoms with Crippen LogP contribution in [0.2, 0.25) is 0 Å². The molecule has 7 heteroatoms. The van der Waals surface area contributed by atoms with E-state index >= 15 is 0 Å². The van der Waals surface area contributed by atoms with Crippen molar-refractivity contribution in [2.45, 2.75) is 39.5 Å². The fourth-order valence-electron chi connectivity index (χ4n) is 3.02. The summed E-state index contributed by atoms with van der Waals surface area (Å²) in [5.74, 6) is 0. The molecule has 0 saturated carbocycles. The van der Waals surface area contributed by atoms with Gasteiger partial charge in [-0.3, -0.25) is 0 Å². The molecular weight excluding hydrogens is 328 g/mol. The Hall–Kier alpha value is -1.60. The highest BCUT2D eigenvalue weighted by molar-refractivity contribution is 7.89. The third kappa shape index (κ3) is 3.42. The van der Waals surface area contributed by atoms with E-state index in [4.69, 9.17) is 4.74 Å². The maximum Gasteiger partial charge on any atom is 0.409 e. The van der Waals surface area contributed by atoms with Crippen molar-refractivity contribution in [3.8, 4) is 0 Å². The van der Waals surface area contributed by atoms with E-state index in [1.807, 2.05) is 33.8 Å². The van der Waals surface area contributed by atoms with Gasteiger partial charge in [0.15, 0.2) is 0 Å². The summed E-state index contributed by atoms with van der Waals surface area (Å²) in [6, 6.07) is 2.02. The van der Waals surface area contributed by atoms with E-state index in [9.17, 15) is 13.2 Å². The van der Waals surface area contributed by atoms with Gasteiger partial charge in [0.1, 0.15) is 0 Å². The van der Waals surface area contributed by atoms with Gasteiger partial charge in [0.2, 0.25) is 10.0 Å². The van der Waals surface area contributed by atoms with Crippen molar-refractivity contribution in [2.75, 3.05) is 32.8 Å². The molecule has 6 nitrogen and oxygen atoms in total. The van der Waals surface area contributed by atoms with Crippen molar-refractivity contribution in [1.82, 2.24) is 9.21 Å². The quantitative estimate of drug-likeness (QED) is 0.836. The summed E-state index contributed by atoms with van der Waals surface area (Å²) in [7, 11) is -3.58. The zero-order chi connectivity index (χ0) is 18.1. The van der Waals surface area contributed by atoms with Crippen molar-refractivity contribution in [3.05, 3.63) is 28.3 Å². The fourth-order valence-corrected chi connectivity index (χ4v) is 5.02. The maximum atomic E-state index is 13.1. The summed E-state index contributed by atoms with van der Waals surface area (Å²) in [5, 5.41) is 0. The molecule has 1 aromatic rings. The molecule has 1 fully saturated rings. The Morgan fingerprint density at radius 3 is 2.00 bits per heavy atom. The molecule has 0 aliphatic carbocycles. The molecule has 0 N–H and O–H groups in total. The number of carbonyl (C=O) groups excluding carboxylic acids is 1. The molecule has 0 bridgehead atoms. The van der Waals surface area contributed by atoms with Crippen molar-refractivity contribution in [2.24, 2.45) is 0 Å². The second-order valence-electron chi connectivity index (χ2n) is 6.18. The summed E-state index contributed by atoms with van der Waals surface area (Å²) in [6.07, 6.45) is -0.381. The van der Waals surface area contributed by atoms with Crippen LogP contribution in [-0.2, 0) is 14.8 Å². The second-order valence-corrected chi connectivity index (χ2v) is 8.05. The summed E-state index contributed by atoms with van der Waals surface area (Å²) < 4.78 is 32.7. The van der Waals surface area contributed by atoms with Gasteiger partial charge in [0.25, 0.3) is 0 Å². The molecule has 1 heterocycles. The number of amides is 1. The number of nitrogens with zero attached hydrogens (tertiary/aromatic N) is 2. The minimum Gasteiger partial charge on any atom is -0.450 e. The zero-order valence-corrected chi connectivity index (χ0v) is 15.9. The molecule has 1 aromatic carbocycles. The van der Waals surface area contributed by atoms with Crippen LogP contribution in [0.4, 0.5) is 4.79 Å². The number of rotatable bonds is 3. The summed E-state index contributed by atoms with van der Waals surface area (Å²) in [4.78, 5) is 13.7. The first-order valence-electron chi connectivity index (χ1n) is 8.19. The molecule has 0 radical (unpaired) electrons. The predicted molar refractivity (Wildman–Crippen MR) is 92.7 cm³/mol. The van der Waals surface area contributed by atoms with Crippen LogP contribution >= 0.6 is 0 Å². The Morgan fingerprint density at radius 1 is 1.04 bits per heavy atom. The highest BCUT2D eigenvalue weighted by atomic mass is 32.2. The predicted octanol–water partition coefficient (Wildman–Crippen LogP) is 2.38. The van der Waals surface area contributed by atoms with Gasteiger partial charge in [-0.15, -0.1) is 0 Å². The van der Waals surface area contributed by atoms with Crippen LogP contribution in [0, 0.1) is 27.7 Å². The largest absolute Gasteiger partial charge is 0.450 e. The lowest BCUT2D eigenvalue weighted by Gasteiger charge is -2.34. The van der Waals surface area contributed by atoms with Crippen molar-refractivity contribution >= 4 is 16.1 Å². The van der Waals surface area contributed by atoms with E-state index in [0.29, 0.717) is 24.6 Å². The van der Waals surface area contributed by atoms with Crippen LogP contribution in [0.1, 0.15) is 29.2 Å². The molecular formula is C17H26N2O4S. The molecule has 24 heavy (non-hydrogen) atoms. The van der Waals surface area contributed by atoms with Crippen LogP contribution in [0.3, 0.4) is 0 Å². The Morgan fingerprint density at radius 2 is 1.54 bits per heavy atom. The highest BCUT2D eigenvalue weighted by Crippen LogP contribution is 2.29.